The Bertz CT molecular complexity index is 841. The van der Waals surface area contributed by atoms with Crippen LogP contribution in [0.2, 0.25) is 0 Å². The van der Waals surface area contributed by atoms with Gasteiger partial charge < -0.3 is 0 Å². The molecule has 162 valence electrons. The molecule has 3 aromatic rings. The Morgan fingerprint density at radius 1 is 0.793 bits per heavy atom. The van der Waals surface area contributed by atoms with Gasteiger partial charge in [0.2, 0.25) is 0 Å². The highest BCUT2D eigenvalue weighted by Crippen LogP contribution is 2.25. The first-order valence-corrected chi connectivity index (χ1v) is 12.9. The van der Waals surface area contributed by atoms with Crippen LogP contribution in [0, 0.1) is 20.8 Å². The van der Waals surface area contributed by atoms with E-state index < -0.39 is 0 Å². The summed E-state index contributed by atoms with van der Waals surface area (Å²) in [5.41, 5.74) is 4.30. The van der Waals surface area contributed by atoms with E-state index in [0.29, 0.717) is 17.8 Å². The van der Waals surface area contributed by atoms with Crippen LogP contribution in [0.4, 0.5) is 0 Å². The van der Waals surface area contributed by atoms with Crippen molar-refractivity contribution in [1.82, 2.24) is 15.0 Å². The van der Waals surface area contributed by atoms with Gasteiger partial charge in [-0.15, -0.1) is 34.0 Å². The molecule has 6 heteroatoms. The lowest BCUT2D eigenvalue weighted by Crippen LogP contribution is -1.84. The Balaban J connectivity index is 0.000000218. The maximum absolute atomic E-state index is 4.35. The molecule has 3 aromatic heterocycles. The van der Waals surface area contributed by atoms with Crippen molar-refractivity contribution in [2.45, 2.75) is 93.4 Å². The van der Waals surface area contributed by atoms with Gasteiger partial charge in [-0.2, -0.15) is 0 Å². The van der Waals surface area contributed by atoms with E-state index in [2.05, 4.69) is 84.2 Å². The molecule has 0 aliphatic carbocycles. The van der Waals surface area contributed by atoms with E-state index in [1.165, 1.54) is 36.0 Å². The standard InChI is InChI=1S/2C8H13NS.C7H11NS/c1-5(2)8-6(3)9-7(4)10-8;1-4-7-5-9-8(10-7)6(2)3;1-5(2)7-6(3)8-4-9-7/h5H,1-4H3;5-6H,4H2,1-3H3;4-5H,1-3H3. The lowest BCUT2D eigenvalue weighted by molar-refractivity contribution is 0.852. The zero-order valence-electron chi connectivity index (χ0n) is 19.7. The molecule has 0 aliphatic heterocycles. The normalized spacial score (nSPS) is 10.8. The highest BCUT2D eigenvalue weighted by atomic mass is 32.1. The fourth-order valence-corrected chi connectivity index (χ4v) is 5.31. The number of nitrogens with zero attached hydrogens (tertiary/aromatic N) is 3. The summed E-state index contributed by atoms with van der Waals surface area (Å²) in [7, 11) is 0. The maximum atomic E-state index is 4.35. The van der Waals surface area contributed by atoms with Gasteiger partial charge in [-0.05, 0) is 39.0 Å². The average molecular weight is 452 g/mol. The zero-order valence-corrected chi connectivity index (χ0v) is 22.1. The first kappa shape index (κ1) is 25.9. The molecular formula is C23H37N3S3. The first-order chi connectivity index (χ1) is 13.6. The fraction of sp³-hybridized carbons (Fsp3) is 0.609. The van der Waals surface area contributed by atoms with Gasteiger partial charge in [0.05, 0.1) is 26.9 Å². The third-order valence-corrected chi connectivity index (χ3v) is 8.23. The lowest BCUT2D eigenvalue weighted by atomic mass is 10.1. The van der Waals surface area contributed by atoms with E-state index in [0.717, 1.165) is 6.42 Å². The third-order valence-electron chi connectivity index (χ3n) is 4.18. The Morgan fingerprint density at radius 2 is 1.41 bits per heavy atom. The molecule has 3 heterocycles. The van der Waals surface area contributed by atoms with Crippen LogP contribution in [0.15, 0.2) is 11.7 Å². The second-order valence-corrected chi connectivity index (χ2v) is 11.2. The van der Waals surface area contributed by atoms with Crippen LogP contribution < -0.4 is 0 Å². The molecule has 0 fully saturated rings. The lowest BCUT2D eigenvalue weighted by Gasteiger charge is -1.98. The molecule has 3 nitrogen and oxygen atoms in total. The largest absolute Gasteiger partial charge is 0.250 e. The van der Waals surface area contributed by atoms with Crippen LogP contribution in [0.25, 0.3) is 0 Å². The van der Waals surface area contributed by atoms with Crippen molar-refractivity contribution < 1.29 is 0 Å². The second kappa shape index (κ2) is 12.6. The highest BCUT2D eigenvalue weighted by Gasteiger charge is 2.07. The van der Waals surface area contributed by atoms with Gasteiger partial charge in [-0.1, -0.05) is 48.5 Å². The minimum absolute atomic E-state index is 0.588. The molecule has 3 rings (SSSR count). The van der Waals surface area contributed by atoms with Gasteiger partial charge in [0.25, 0.3) is 0 Å². The first-order valence-electron chi connectivity index (χ1n) is 10.3. The second-order valence-electron chi connectivity index (χ2n) is 7.97. The van der Waals surface area contributed by atoms with Crippen molar-refractivity contribution in [3.63, 3.8) is 0 Å². The SMILES string of the molecule is CCc1cnc(C(C)C)s1.Cc1nc(C)c(C(C)C)s1.Cc1ncsc1C(C)C. The molecule has 0 N–H and O–H groups in total. The topological polar surface area (TPSA) is 38.7 Å². The Morgan fingerprint density at radius 3 is 1.66 bits per heavy atom. The molecule has 0 saturated heterocycles. The molecule has 0 aromatic carbocycles. The summed E-state index contributed by atoms with van der Waals surface area (Å²) >= 11 is 5.39. The molecule has 0 aliphatic rings. The van der Waals surface area contributed by atoms with Crippen molar-refractivity contribution in [3.05, 3.63) is 47.7 Å². The fourth-order valence-electron chi connectivity index (χ4n) is 2.70. The molecule has 0 radical (unpaired) electrons. The van der Waals surface area contributed by atoms with Gasteiger partial charge in [0.15, 0.2) is 0 Å². The van der Waals surface area contributed by atoms with E-state index in [1.807, 2.05) is 34.4 Å². The van der Waals surface area contributed by atoms with Gasteiger partial charge in [0.1, 0.15) is 0 Å². The smallest absolute Gasteiger partial charge is 0.0953 e. The zero-order chi connectivity index (χ0) is 22.1. The minimum atomic E-state index is 0.588. The summed E-state index contributed by atoms with van der Waals surface area (Å²) in [5.74, 6) is 1.86. The van der Waals surface area contributed by atoms with Crippen LogP contribution in [0.1, 0.15) is 102 Å². The number of aryl methyl sites for hydroxylation is 4. The molecule has 0 saturated carbocycles. The summed E-state index contributed by atoms with van der Waals surface area (Å²) in [6, 6.07) is 0. The van der Waals surface area contributed by atoms with Crippen LogP contribution in [-0.4, -0.2) is 15.0 Å². The predicted octanol–water partition coefficient (Wildman–Crippen LogP) is 8.29. The van der Waals surface area contributed by atoms with Crippen molar-refractivity contribution in [2.24, 2.45) is 0 Å². The van der Waals surface area contributed by atoms with E-state index in [4.69, 9.17) is 0 Å². The Labute approximate surface area is 189 Å². The predicted molar refractivity (Wildman–Crippen MR) is 132 cm³/mol. The van der Waals surface area contributed by atoms with Gasteiger partial charge in [-0.3, -0.25) is 0 Å². The maximum Gasteiger partial charge on any atom is 0.0953 e. The van der Waals surface area contributed by atoms with Gasteiger partial charge in [0, 0.05) is 26.7 Å². The Kier molecular flexibility index (Phi) is 11.2. The average Bonchev–Trinajstić information content (AvgIpc) is 3.35. The summed E-state index contributed by atoms with van der Waals surface area (Å²) in [6.45, 7) is 21.5. The highest BCUT2D eigenvalue weighted by molar-refractivity contribution is 7.12. The van der Waals surface area contributed by atoms with Crippen LogP contribution >= 0.6 is 34.0 Å². The minimum Gasteiger partial charge on any atom is -0.250 e. The summed E-state index contributed by atoms with van der Waals surface area (Å²) in [5, 5.41) is 2.44. The van der Waals surface area contributed by atoms with E-state index in [1.54, 1.807) is 11.3 Å². The van der Waals surface area contributed by atoms with Crippen LogP contribution in [-0.2, 0) is 6.42 Å². The van der Waals surface area contributed by atoms with Crippen LogP contribution in [0.5, 0.6) is 0 Å². The van der Waals surface area contributed by atoms with E-state index in [-0.39, 0.29) is 0 Å². The number of hydrogen-bond acceptors (Lipinski definition) is 6. The van der Waals surface area contributed by atoms with Gasteiger partial charge in [-0.25, -0.2) is 15.0 Å². The van der Waals surface area contributed by atoms with E-state index in [9.17, 15) is 0 Å². The van der Waals surface area contributed by atoms with Crippen molar-refractivity contribution in [2.75, 3.05) is 0 Å². The molecule has 0 unspecified atom stereocenters. The van der Waals surface area contributed by atoms with Crippen molar-refractivity contribution in [3.8, 4) is 0 Å². The molecule has 0 bridgehead atoms. The van der Waals surface area contributed by atoms with Crippen LogP contribution in [0.3, 0.4) is 0 Å². The summed E-state index contributed by atoms with van der Waals surface area (Å²) in [6.07, 6.45) is 3.10. The van der Waals surface area contributed by atoms with E-state index >= 15 is 0 Å². The van der Waals surface area contributed by atoms with Gasteiger partial charge >= 0.3 is 0 Å². The van der Waals surface area contributed by atoms with Crippen molar-refractivity contribution >= 4 is 34.0 Å². The molecule has 0 atom stereocenters. The molecule has 0 spiro atoms. The number of aromatic nitrogens is 3. The quantitative estimate of drug-likeness (QED) is 0.400. The van der Waals surface area contributed by atoms with Crippen molar-refractivity contribution in [1.29, 1.82) is 0 Å². The molecule has 0 amide bonds. The Hall–Kier alpha value is -1.11. The molecular weight excluding hydrogens is 414 g/mol. The number of thiazole rings is 3. The summed E-state index contributed by atoms with van der Waals surface area (Å²) in [4.78, 5) is 17.0. The monoisotopic (exact) mass is 451 g/mol. The summed E-state index contributed by atoms with van der Waals surface area (Å²) < 4.78 is 0. The number of hydrogen-bond donors (Lipinski definition) is 0. The molecule has 29 heavy (non-hydrogen) atoms. The number of rotatable bonds is 4. The third kappa shape index (κ3) is 8.65.